The Kier molecular flexibility index (Phi) is 5.84. The summed E-state index contributed by atoms with van der Waals surface area (Å²) in [5, 5.41) is 3.52. The molecule has 1 aliphatic rings. The molecule has 1 aromatic heterocycles. The van der Waals surface area contributed by atoms with Gasteiger partial charge in [-0.15, -0.1) is 0 Å². The first kappa shape index (κ1) is 15.3. The summed E-state index contributed by atoms with van der Waals surface area (Å²) in [5.74, 6) is 1.21. The smallest absolute Gasteiger partial charge is 0.133 e. The van der Waals surface area contributed by atoms with Gasteiger partial charge in [-0.3, -0.25) is 0 Å². The van der Waals surface area contributed by atoms with E-state index in [-0.39, 0.29) is 0 Å². The summed E-state index contributed by atoms with van der Waals surface area (Å²) in [5.41, 5.74) is 1.34. The highest BCUT2D eigenvalue weighted by Crippen LogP contribution is 2.30. The molecule has 1 fully saturated rings. The molecule has 0 amide bonds. The average Bonchev–Trinajstić information content (AvgIpc) is 2.48. The maximum absolute atomic E-state index is 4.72. The molecule has 2 unspecified atom stereocenters. The van der Waals surface area contributed by atoms with E-state index in [1.54, 1.807) is 0 Å². The number of rotatable bonds is 6. The van der Waals surface area contributed by atoms with Gasteiger partial charge in [0.1, 0.15) is 5.82 Å². The fraction of sp³-hybridized carbons (Fsp3) is 0.706. The van der Waals surface area contributed by atoms with Gasteiger partial charge in [0.2, 0.25) is 0 Å². The van der Waals surface area contributed by atoms with Crippen molar-refractivity contribution in [2.24, 2.45) is 0 Å². The molecule has 0 spiro atoms. The fourth-order valence-electron chi connectivity index (χ4n) is 3.32. The molecule has 112 valence electrons. The molecule has 0 bridgehead atoms. The molecule has 1 saturated heterocycles. The zero-order valence-electron chi connectivity index (χ0n) is 13.2. The molecule has 2 atom stereocenters. The highest BCUT2D eigenvalue weighted by molar-refractivity contribution is 5.49. The number of pyridine rings is 1. The van der Waals surface area contributed by atoms with Gasteiger partial charge in [0.25, 0.3) is 0 Å². The number of nitrogens with zero attached hydrogens (tertiary/aromatic N) is 2. The van der Waals surface area contributed by atoms with E-state index >= 15 is 0 Å². The van der Waals surface area contributed by atoms with Gasteiger partial charge in [-0.1, -0.05) is 26.3 Å². The number of hydrogen-bond acceptors (Lipinski definition) is 3. The van der Waals surface area contributed by atoms with Crippen molar-refractivity contribution in [3.8, 4) is 0 Å². The van der Waals surface area contributed by atoms with Crippen LogP contribution in [0.5, 0.6) is 0 Å². The first-order chi connectivity index (χ1) is 9.77. The summed E-state index contributed by atoms with van der Waals surface area (Å²) in [7, 11) is 0. The molecule has 0 saturated carbocycles. The lowest BCUT2D eigenvalue weighted by atomic mass is 9.97. The van der Waals surface area contributed by atoms with E-state index in [0.29, 0.717) is 12.1 Å². The summed E-state index contributed by atoms with van der Waals surface area (Å²) < 4.78 is 0. The van der Waals surface area contributed by atoms with Crippen LogP contribution in [-0.2, 0) is 0 Å². The molecule has 20 heavy (non-hydrogen) atoms. The summed E-state index contributed by atoms with van der Waals surface area (Å²) in [6, 6.07) is 5.34. The minimum absolute atomic E-state index is 0.368. The van der Waals surface area contributed by atoms with Crippen LogP contribution in [0.4, 0.5) is 5.82 Å². The Morgan fingerprint density at radius 3 is 3.00 bits per heavy atom. The van der Waals surface area contributed by atoms with Gasteiger partial charge in [-0.25, -0.2) is 4.98 Å². The first-order valence-corrected chi connectivity index (χ1v) is 8.22. The molecule has 1 N–H and O–H groups in total. The van der Waals surface area contributed by atoms with E-state index in [2.05, 4.69) is 43.1 Å². The lowest BCUT2D eigenvalue weighted by molar-refractivity contribution is 0.429. The highest BCUT2D eigenvalue weighted by Gasteiger charge is 2.25. The minimum Gasteiger partial charge on any atom is -0.353 e. The van der Waals surface area contributed by atoms with Crippen molar-refractivity contribution in [2.75, 3.05) is 18.0 Å². The Hall–Kier alpha value is -1.09. The fourth-order valence-corrected chi connectivity index (χ4v) is 3.32. The van der Waals surface area contributed by atoms with Crippen molar-refractivity contribution in [2.45, 2.75) is 65.0 Å². The molecule has 0 aromatic carbocycles. The van der Waals surface area contributed by atoms with Gasteiger partial charge in [0.05, 0.1) is 0 Å². The molecule has 1 aromatic rings. The monoisotopic (exact) mass is 275 g/mol. The van der Waals surface area contributed by atoms with Crippen molar-refractivity contribution in [3.63, 3.8) is 0 Å². The highest BCUT2D eigenvalue weighted by atomic mass is 15.2. The second-order valence-electron chi connectivity index (χ2n) is 5.83. The van der Waals surface area contributed by atoms with Crippen molar-refractivity contribution in [3.05, 3.63) is 23.9 Å². The lowest BCUT2D eigenvalue weighted by Gasteiger charge is -2.38. The molecule has 2 heterocycles. The quantitative estimate of drug-likeness (QED) is 0.853. The third-order valence-corrected chi connectivity index (χ3v) is 4.31. The summed E-state index contributed by atoms with van der Waals surface area (Å²) in [6.07, 6.45) is 8.46. The number of anilines is 1. The van der Waals surface area contributed by atoms with Gasteiger partial charge in [0, 0.05) is 30.4 Å². The van der Waals surface area contributed by atoms with Crippen LogP contribution in [0.1, 0.15) is 64.5 Å². The number of nitrogens with one attached hydrogen (secondary N) is 1. The molecule has 0 radical (unpaired) electrons. The SMILES string of the molecule is CCCC1CCCCN1c1ncccc1C(C)NCC. The second kappa shape index (κ2) is 7.63. The zero-order valence-corrected chi connectivity index (χ0v) is 13.2. The second-order valence-corrected chi connectivity index (χ2v) is 5.83. The predicted octanol–water partition coefficient (Wildman–Crippen LogP) is 3.91. The molecule has 3 nitrogen and oxygen atoms in total. The lowest BCUT2D eigenvalue weighted by Crippen LogP contribution is -2.41. The summed E-state index contributed by atoms with van der Waals surface area (Å²) >= 11 is 0. The molecule has 1 aliphatic heterocycles. The van der Waals surface area contributed by atoms with Crippen LogP contribution >= 0.6 is 0 Å². The molecule has 3 heteroatoms. The van der Waals surface area contributed by atoms with E-state index in [4.69, 9.17) is 4.98 Å². The zero-order chi connectivity index (χ0) is 14.4. The van der Waals surface area contributed by atoms with E-state index < -0.39 is 0 Å². The van der Waals surface area contributed by atoms with E-state index in [1.165, 1.54) is 43.5 Å². The van der Waals surface area contributed by atoms with E-state index in [1.807, 2.05) is 6.20 Å². The van der Waals surface area contributed by atoms with Crippen molar-refractivity contribution >= 4 is 5.82 Å². The van der Waals surface area contributed by atoms with Crippen molar-refractivity contribution in [1.29, 1.82) is 0 Å². The number of hydrogen-bond donors (Lipinski definition) is 1. The van der Waals surface area contributed by atoms with Crippen LogP contribution in [0.3, 0.4) is 0 Å². The third-order valence-electron chi connectivity index (χ3n) is 4.31. The van der Waals surface area contributed by atoms with Crippen LogP contribution in [0.2, 0.25) is 0 Å². The Labute approximate surface area is 123 Å². The van der Waals surface area contributed by atoms with Gasteiger partial charge < -0.3 is 10.2 Å². The van der Waals surface area contributed by atoms with Gasteiger partial charge in [-0.05, 0) is 45.2 Å². The summed E-state index contributed by atoms with van der Waals surface area (Å²) in [4.78, 5) is 7.29. The molecular formula is C17H29N3. The Morgan fingerprint density at radius 2 is 2.25 bits per heavy atom. The Morgan fingerprint density at radius 1 is 1.40 bits per heavy atom. The number of piperidine rings is 1. The normalized spacial score (nSPS) is 20.9. The Balaban J connectivity index is 2.25. The minimum atomic E-state index is 0.368. The summed E-state index contributed by atoms with van der Waals surface area (Å²) in [6.45, 7) is 8.84. The maximum Gasteiger partial charge on any atom is 0.133 e. The third kappa shape index (κ3) is 3.51. The number of aromatic nitrogens is 1. The average molecular weight is 275 g/mol. The van der Waals surface area contributed by atoms with E-state index in [9.17, 15) is 0 Å². The van der Waals surface area contributed by atoms with Crippen LogP contribution in [0.25, 0.3) is 0 Å². The Bertz CT molecular complexity index is 403. The van der Waals surface area contributed by atoms with E-state index in [0.717, 1.165) is 13.1 Å². The first-order valence-electron chi connectivity index (χ1n) is 8.22. The largest absolute Gasteiger partial charge is 0.353 e. The van der Waals surface area contributed by atoms with Gasteiger partial charge >= 0.3 is 0 Å². The van der Waals surface area contributed by atoms with Crippen LogP contribution in [-0.4, -0.2) is 24.1 Å². The van der Waals surface area contributed by atoms with Crippen LogP contribution in [0, 0.1) is 0 Å². The standard InChI is InChI=1S/C17H29N3/c1-4-9-15-10-6-7-13-20(15)17-16(11-8-12-19-17)14(3)18-5-2/h8,11-12,14-15,18H,4-7,9-10,13H2,1-3H3. The molecule has 2 rings (SSSR count). The topological polar surface area (TPSA) is 28.2 Å². The van der Waals surface area contributed by atoms with Crippen molar-refractivity contribution in [1.82, 2.24) is 10.3 Å². The molecular weight excluding hydrogens is 246 g/mol. The van der Waals surface area contributed by atoms with Gasteiger partial charge in [0.15, 0.2) is 0 Å². The molecule has 0 aliphatic carbocycles. The van der Waals surface area contributed by atoms with Crippen molar-refractivity contribution < 1.29 is 0 Å². The maximum atomic E-state index is 4.72. The van der Waals surface area contributed by atoms with Crippen LogP contribution < -0.4 is 10.2 Å². The van der Waals surface area contributed by atoms with Crippen LogP contribution in [0.15, 0.2) is 18.3 Å². The van der Waals surface area contributed by atoms with Gasteiger partial charge in [-0.2, -0.15) is 0 Å². The predicted molar refractivity (Wildman–Crippen MR) is 86.2 cm³/mol.